The summed E-state index contributed by atoms with van der Waals surface area (Å²) in [5.41, 5.74) is 8.08. The second-order valence-corrected chi connectivity index (χ2v) is 6.54. The first-order valence-electron chi connectivity index (χ1n) is 8.08. The van der Waals surface area contributed by atoms with Gasteiger partial charge in [-0.05, 0) is 31.9 Å². The third-order valence-corrected chi connectivity index (χ3v) is 4.91. The molecule has 3 nitrogen and oxygen atoms in total. The summed E-state index contributed by atoms with van der Waals surface area (Å²) in [5.74, 6) is 1.88. The maximum atomic E-state index is 6.06. The number of para-hydroxylation sites is 1. The van der Waals surface area contributed by atoms with E-state index in [1.165, 1.54) is 36.6 Å². The quantitative estimate of drug-likeness (QED) is 0.927. The van der Waals surface area contributed by atoms with E-state index in [1.807, 2.05) is 18.2 Å². The summed E-state index contributed by atoms with van der Waals surface area (Å²) in [6.07, 6.45) is 5.33. The minimum absolute atomic E-state index is 0.543. The van der Waals surface area contributed by atoms with E-state index in [9.17, 15) is 0 Å². The van der Waals surface area contributed by atoms with Crippen LogP contribution in [0.3, 0.4) is 0 Å². The maximum Gasteiger partial charge on any atom is 0.134 e. The van der Waals surface area contributed by atoms with Crippen molar-refractivity contribution >= 4 is 11.0 Å². The highest BCUT2D eigenvalue weighted by molar-refractivity contribution is 5.82. The molecule has 0 amide bonds. The second kappa shape index (κ2) is 6.20. The Morgan fingerprint density at radius 1 is 1.29 bits per heavy atom. The predicted octanol–water partition coefficient (Wildman–Crippen LogP) is 3.90. The molecule has 1 aliphatic rings. The first-order valence-corrected chi connectivity index (χ1v) is 8.08. The van der Waals surface area contributed by atoms with Crippen molar-refractivity contribution in [1.29, 1.82) is 0 Å². The number of hydrogen-bond acceptors (Lipinski definition) is 3. The van der Waals surface area contributed by atoms with Crippen LogP contribution in [0.25, 0.3) is 11.0 Å². The van der Waals surface area contributed by atoms with Gasteiger partial charge >= 0.3 is 0 Å². The van der Waals surface area contributed by atoms with E-state index >= 15 is 0 Å². The highest BCUT2D eigenvalue weighted by Crippen LogP contribution is 2.30. The van der Waals surface area contributed by atoms with E-state index in [1.54, 1.807) is 0 Å². The zero-order valence-corrected chi connectivity index (χ0v) is 13.1. The molecule has 2 aromatic rings. The molecule has 1 aromatic carbocycles. The molecule has 3 heteroatoms. The van der Waals surface area contributed by atoms with E-state index < -0.39 is 0 Å². The van der Waals surface area contributed by atoms with Gasteiger partial charge in [0.2, 0.25) is 0 Å². The van der Waals surface area contributed by atoms with Crippen molar-refractivity contribution in [2.45, 2.75) is 51.7 Å². The van der Waals surface area contributed by atoms with Crippen LogP contribution in [-0.4, -0.2) is 18.0 Å². The summed E-state index contributed by atoms with van der Waals surface area (Å²) in [7, 11) is 2.22. The van der Waals surface area contributed by atoms with Crippen LogP contribution in [0.1, 0.15) is 43.9 Å². The van der Waals surface area contributed by atoms with Crippen molar-refractivity contribution in [1.82, 2.24) is 4.90 Å². The lowest BCUT2D eigenvalue weighted by atomic mass is 9.86. The fourth-order valence-corrected chi connectivity index (χ4v) is 3.66. The molecule has 1 fully saturated rings. The molecule has 0 saturated heterocycles. The summed E-state index contributed by atoms with van der Waals surface area (Å²) >= 11 is 0. The SMILES string of the molecule is CC1CCCC(N(C)Cc2oc3ccccc3c2CN)C1. The molecular formula is C18H26N2O. The number of furan rings is 1. The lowest BCUT2D eigenvalue weighted by Gasteiger charge is -2.33. The first-order chi connectivity index (χ1) is 10.2. The van der Waals surface area contributed by atoms with E-state index in [0.717, 1.165) is 23.8 Å². The van der Waals surface area contributed by atoms with Gasteiger partial charge in [-0.2, -0.15) is 0 Å². The van der Waals surface area contributed by atoms with Gasteiger partial charge in [-0.25, -0.2) is 0 Å². The summed E-state index contributed by atoms with van der Waals surface area (Å²) in [6, 6.07) is 8.87. The molecule has 2 N–H and O–H groups in total. The number of hydrogen-bond donors (Lipinski definition) is 1. The monoisotopic (exact) mass is 286 g/mol. The fraction of sp³-hybridized carbons (Fsp3) is 0.556. The molecular weight excluding hydrogens is 260 g/mol. The van der Waals surface area contributed by atoms with E-state index in [4.69, 9.17) is 10.2 Å². The van der Waals surface area contributed by atoms with Crippen LogP contribution in [0.2, 0.25) is 0 Å². The number of nitrogens with two attached hydrogens (primary N) is 1. The topological polar surface area (TPSA) is 42.4 Å². The average Bonchev–Trinajstić information content (AvgIpc) is 2.84. The third-order valence-electron chi connectivity index (χ3n) is 4.91. The summed E-state index contributed by atoms with van der Waals surface area (Å²) in [4.78, 5) is 2.45. The Hall–Kier alpha value is -1.32. The van der Waals surface area contributed by atoms with Gasteiger partial charge in [0, 0.05) is 23.5 Å². The number of rotatable bonds is 4. The Kier molecular flexibility index (Phi) is 4.32. The van der Waals surface area contributed by atoms with Gasteiger partial charge in [0.05, 0.1) is 6.54 Å². The van der Waals surface area contributed by atoms with Gasteiger partial charge in [0.1, 0.15) is 11.3 Å². The van der Waals surface area contributed by atoms with Gasteiger partial charge in [0.15, 0.2) is 0 Å². The smallest absolute Gasteiger partial charge is 0.134 e. The fourth-order valence-electron chi connectivity index (χ4n) is 3.66. The van der Waals surface area contributed by atoms with Crippen LogP contribution >= 0.6 is 0 Å². The van der Waals surface area contributed by atoms with Crippen molar-refractivity contribution in [2.24, 2.45) is 11.7 Å². The lowest BCUT2D eigenvalue weighted by molar-refractivity contribution is 0.149. The summed E-state index contributed by atoms with van der Waals surface area (Å²) < 4.78 is 6.06. The second-order valence-electron chi connectivity index (χ2n) is 6.54. The van der Waals surface area contributed by atoms with Crippen molar-refractivity contribution in [3.8, 4) is 0 Å². The van der Waals surface area contributed by atoms with Crippen molar-refractivity contribution in [2.75, 3.05) is 7.05 Å². The Balaban J connectivity index is 1.80. The molecule has 2 atom stereocenters. The van der Waals surface area contributed by atoms with Crippen molar-refractivity contribution in [3.05, 3.63) is 35.6 Å². The van der Waals surface area contributed by atoms with E-state index in [2.05, 4.69) is 24.9 Å². The van der Waals surface area contributed by atoms with Gasteiger partial charge in [-0.1, -0.05) is 38.0 Å². The molecule has 3 rings (SSSR count). The largest absolute Gasteiger partial charge is 0.459 e. The van der Waals surface area contributed by atoms with Gasteiger partial charge in [-0.3, -0.25) is 4.90 Å². The average molecular weight is 286 g/mol. The molecule has 0 radical (unpaired) electrons. The highest BCUT2D eigenvalue weighted by Gasteiger charge is 2.24. The molecule has 0 bridgehead atoms. The van der Waals surface area contributed by atoms with Crippen molar-refractivity contribution < 1.29 is 4.42 Å². The molecule has 0 spiro atoms. The minimum Gasteiger partial charge on any atom is -0.459 e. The molecule has 0 aliphatic heterocycles. The Morgan fingerprint density at radius 2 is 2.10 bits per heavy atom. The first kappa shape index (κ1) is 14.6. The Morgan fingerprint density at radius 3 is 2.86 bits per heavy atom. The van der Waals surface area contributed by atoms with Crippen LogP contribution < -0.4 is 5.73 Å². The zero-order valence-electron chi connectivity index (χ0n) is 13.1. The maximum absolute atomic E-state index is 6.06. The summed E-state index contributed by atoms with van der Waals surface area (Å²) in [6.45, 7) is 3.77. The normalized spacial score (nSPS) is 23.0. The number of benzene rings is 1. The molecule has 21 heavy (non-hydrogen) atoms. The van der Waals surface area contributed by atoms with E-state index in [0.29, 0.717) is 12.6 Å². The Labute approximate surface area is 127 Å². The van der Waals surface area contributed by atoms with Crippen LogP contribution in [0, 0.1) is 5.92 Å². The van der Waals surface area contributed by atoms with E-state index in [-0.39, 0.29) is 0 Å². The van der Waals surface area contributed by atoms with Gasteiger partial charge in [-0.15, -0.1) is 0 Å². The van der Waals surface area contributed by atoms with Crippen LogP contribution in [0.15, 0.2) is 28.7 Å². The van der Waals surface area contributed by atoms with Crippen LogP contribution in [0.5, 0.6) is 0 Å². The molecule has 1 heterocycles. The third kappa shape index (κ3) is 2.99. The predicted molar refractivity (Wildman–Crippen MR) is 87.0 cm³/mol. The van der Waals surface area contributed by atoms with Crippen LogP contribution in [0.4, 0.5) is 0 Å². The molecule has 2 unspecified atom stereocenters. The highest BCUT2D eigenvalue weighted by atomic mass is 16.3. The van der Waals surface area contributed by atoms with Crippen LogP contribution in [-0.2, 0) is 13.1 Å². The molecule has 1 aliphatic carbocycles. The standard InChI is InChI=1S/C18H26N2O/c1-13-6-5-7-14(10-13)20(2)12-18-16(11-19)15-8-3-4-9-17(15)21-18/h3-4,8-9,13-14H,5-7,10-12,19H2,1-2H3. The summed E-state index contributed by atoms with van der Waals surface area (Å²) in [5, 5.41) is 1.17. The minimum atomic E-state index is 0.543. The Bertz CT molecular complexity index is 604. The molecule has 1 saturated carbocycles. The number of fused-ring (bicyclic) bond motifs is 1. The van der Waals surface area contributed by atoms with Crippen molar-refractivity contribution in [3.63, 3.8) is 0 Å². The molecule has 1 aromatic heterocycles. The van der Waals surface area contributed by atoms with Gasteiger partial charge < -0.3 is 10.2 Å². The van der Waals surface area contributed by atoms with Gasteiger partial charge in [0.25, 0.3) is 0 Å². The number of nitrogens with zero attached hydrogens (tertiary/aromatic N) is 1. The molecule has 114 valence electrons. The lowest BCUT2D eigenvalue weighted by Crippen LogP contribution is -2.35. The zero-order chi connectivity index (χ0) is 14.8.